The van der Waals surface area contributed by atoms with Gasteiger partial charge in [0.05, 0.1) is 12.7 Å². The average molecular weight is 330 g/mol. The van der Waals surface area contributed by atoms with Gasteiger partial charge in [0.1, 0.15) is 0 Å². The zero-order valence-electron chi connectivity index (χ0n) is 11.7. The fourth-order valence-electron chi connectivity index (χ4n) is 1.64. The molecule has 0 heterocycles. The summed E-state index contributed by atoms with van der Waals surface area (Å²) in [5, 5.41) is 13.2. The van der Waals surface area contributed by atoms with E-state index in [1.165, 1.54) is 0 Å². The number of nitrogens with one attached hydrogen (secondary N) is 1. The topological polar surface area (TPSA) is 41.5 Å². The summed E-state index contributed by atoms with van der Waals surface area (Å²) in [6.07, 6.45) is 0.619. The number of halogens is 1. The molecule has 1 unspecified atom stereocenters. The van der Waals surface area contributed by atoms with Gasteiger partial charge in [0.15, 0.2) is 0 Å². The number of ether oxygens (including phenoxy) is 1. The van der Waals surface area contributed by atoms with Gasteiger partial charge in [-0.25, -0.2) is 0 Å². The molecule has 0 fully saturated rings. The lowest BCUT2D eigenvalue weighted by Gasteiger charge is -2.13. The number of aliphatic hydroxyl groups excluding tert-OH is 1. The van der Waals surface area contributed by atoms with Crippen molar-refractivity contribution >= 4 is 15.9 Å². The zero-order chi connectivity index (χ0) is 14.1. The van der Waals surface area contributed by atoms with Crippen LogP contribution < -0.4 is 5.32 Å². The van der Waals surface area contributed by atoms with Crippen LogP contribution in [0.1, 0.15) is 31.9 Å². The molecule has 1 atom stereocenters. The van der Waals surface area contributed by atoms with Gasteiger partial charge in [0.25, 0.3) is 0 Å². The van der Waals surface area contributed by atoms with Crippen molar-refractivity contribution in [3.63, 3.8) is 0 Å². The minimum atomic E-state index is -0.479. The predicted octanol–water partition coefficient (Wildman–Crippen LogP) is 3.13. The lowest BCUT2D eigenvalue weighted by atomic mass is 10.1. The minimum absolute atomic E-state index is 0.479. The molecule has 1 rings (SSSR count). The third kappa shape index (κ3) is 7.67. The average Bonchev–Trinajstić information content (AvgIpc) is 2.37. The molecule has 0 saturated carbocycles. The standard InChI is InChI=1S/C15H24BrNO2/c1-12(2)6-8-19-9-7-17-11-15(18)13-4-3-5-14(16)10-13/h3-5,10,12,15,17-18H,6-9,11H2,1-2H3. The summed E-state index contributed by atoms with van der Waals surface area (Å²) in [5.74, 6) is 0.686. The number of hydrogen-bond donors (Lipinski definition) is 2. The van der Waals surface area contributed by atoms with Crippen LogP contribution in [0.25, 0.3) is 0 Å². The summed E-state index contributed by atoms with van der Waals surface area (Å²) in [4.78, 5) is 0. The molecule has 0 aliphatic rings. The Labute approximate surface area is 124 Å². The van der Waals surface area contributed by atoms with Gasteiger partial charge in [-0.3, -0.25) is 0 Å². The summed E-state index contributed by atoms with van der Waals surface area (Å²) >= 11 is 3.40. The monoisotopic (exact) mass is 329 g/mol. The van der Waals surface area contributed by atoms with Crippen LogP contribution in [-0.2, 0) is 4.74 Å². The molecule has 1 aromatic carbocycles. The van der Waals surface area contributed by atoms with Crippen molar-refractivity contribution in [1.82, 2.24) is 5.32 Å². The van der Waals surface area contributed by atoms with Crippen LogP contribution in [0.5, 0.6) is 0 Å². The Kier molecular flexibility index (Phi) is 8.30. The van der Waals surface area contributed by atoms with Crippen LogP contribution >= 0.6 is 15.9 Å². The molecule has 0 spiro atoms. The Bertz CT molecular complexity index is 358. The van der Waals surface area contributed by atoms with Crippen molar-refractivity contribution in [3.8, 4) is 0 Å². The number of aliphatic hydroxyl groups is 1. The first-order valence-corrected chi connectivity index (χ1v) is 7.61. The molecule has 1 aromatic rings. The van der Waals surface area contributed by atoms with Gasteiger partial charge in [0, 0.05) is 24.2 Å². The highest BCUT2D eigenvalue weighted by Gasteiger charge is 2.06. The molecule has 0 aliphatic heterocycles. The molecule has 2 N–H and O–H groups in total. The van der Waals surface area contributed by atoms with Crippen molar-refractivity contribution in [2.24, 2.45) is 5.92 Å². The predicted molar refractivity (Wildman–Crippen MR) is 82.2 cm³/mol. The quantitative estimate of drug-likeness (QED) is 0.684. The van der Waals surface area contributed by atoms with E-state index in [1.54, 1.807) is 0 Å². The van der Waals surface area contributed by atoms with Gasteiger partial charge in [0.2, 0.25) is 0 Å². The lowest BCUT2D eigenvalue weighted by molar-refractivity contribution is 0.119. The fraction of sp³-hybridized carbons (Fsp3) is 0.600. The Balaban J connectivity index is 2.09. The fourth-order valence-corrected chi connectivity index (χ4v) is 2.05. The van der Waals surface area contributed by atoms with E-state index in [4.69, 9.17) is 4.74 Å². The number of benzene rings is 1. The van der Waals surface area contributed by atoms with E-state index in [1.807, 2.05) is 24.3 Å². The first-order chi connectivity index (χ1) is 9.09. The Morgan fingerprint density at radius 3 is 2.79 bits per heavy atom. The first-order valence-electron chi connectivity index (χ1n) is 6.81. The van der Waals surface area contributed by atoms with Crippen LogP contribution in [0.4, 0.5) is 0 Å². The smallest absolute Gasteiger partial charge is 0.0914 e. The third-order valence-electron chi connectivity index (χ3n) is 2.83. The highest BCUT2D eigenvalue weighted by atomic mass is 79.9. The number of hydrogen-bond acceptors (Lipinski definition) is 3. The molecule has 0 radical (unpaired) electrons. The molecule has 0 aliphatic carbocycles. The van der Waals surface area contributed by atoms with E-state index < -0.39 is 6.10 Å². The van der Waals surface area contributed by atoms with E-state index in [9.17, 15) is 5.11 Å². The second kappa shape index (κ2) is 9.48. The molecule has 19 heavy (non-hydrogen) atoms. The molecule has 3 nitrogen and oxygen atoms in total. The second-order valence-corrected chi connectivity index (χ2v) is 5.99. The van der Waals surface area contributed by atoms with Crippen molar-refractivity contribution in [2.75, 3.05) is 26.3 Å². The highest BCUT2D eigenvalue weighted by Crippen LogP contribution is 2.17. The SMILES string of the molecule is CC(C)CCOCCNCC(O)c1cccc(Br)c1. The minimum Gasteiger partial charge on any atom is -0.387 e. The van der Waals surface area contributed by atoms with Crippen LogP contribution in [0.15, 0.2) is 28.7 Å². The molecule has 0 bridgehead atoms. The highest BCUT2D eigenvalue weighted by molar-refractivity contribution is 9.10. The molecule has 0 amide bonds. The lowest BCUT2D eigenvalue weighted by Crippen LogP contribution is -2.25. The van der Waals surface area contributed by atoms with Gasteiger partial charge < -0.3 is 15.2 Å². The van der Waals surface area contributed by atoms with Crippen molar-refractivity contribution in [3.05, 3.63) is 34.3 Å². The first kappa shape index (κ1) is 16.6. The van der Waals surface area contributed by atoms with E-state index in [0.717, 1.165) is 29.6 Å². The Morgan fingerprint density at radius 1 is 1.32 bits per heavy atom. The van der Waals surface area contributed by atoms with Crippen LogP contribution in [0.3, 0.4) is 0 Å². The molecule has 108 valence electrons. The molecular formula is C15H24BrNO2. The van der Waals surface area contributed by atoms with E-state index in [-0.39, 0.29) is 0 Å². The molecular weight excluding hydrogens is 306 g/mol. The Morgan fingerprint density at radius 2 is 2.11 bits per heavy atom. The summed E-state index contributed by atoms with van der Waals surface area (Å²) < 4.78 is 6.49. The van der Waals surface area contributed by atoms with Gasteiger partial charge in [-0.05, 0) is 30.0 Å². The van der Waals surface area contributed by atoms with Crippen LogP contribution in [0.2, 0.25) is 0 Å². The van der Waals surface area contributed by atoms with Gasteiger partial charge in [-0.15, -0.1) is 0 Å². The maximum Gasteiger partial charge on any atom is 0.0914 e. The van der Waals surface area contributed by atoms with Gasteiger partial charge in [-0.2, -0.15) is 0 Å². The zero-order valence-corrected chi connectivity index (χ0v) is 13.3. The van der Waals surface area contributed by atoms with E-state index in [2.05, 4.69) is 35.1 Å². The van der Waals surface area contributed by atoms with Crippen LogP contribution in [0, 0.1) is 5.92 Å². The summed E-state index contributed by atoms with van der Waals surface area (Å²) in [5.41, 5.74) is 0.919. The Hall–Kier alpha value is -0.420. The van der Waals surface area contributed by atoms with Crippen molar-refractivity contribution < 1.29 is 9.84 Å². The van der Waals surface area contributed by atoms with Gasteiger partial charge >= 0.3 is 0 Å². The van der Waals surface area contributed by atoms with Crippen molar-refractivity contribution in [1.29, 1.82) is 0 Å². The molecule has 4 heteroatoms. The van der Waals surface area contributed by atoms with Crippen LogP contribution in [-0.4, -0.2) is 31.4 Å². The summed E-state index contributed by atoms with van der Waals surface area (Å²) in [7, 11) is 0. The maximum atomic E-state index is 10.00. The maximum absolute atomic E-state index is 10.00. The van der Waals surface area contributed by atoms with E-state index in [0.29, 0.717) is 19.1 Å². The summed E-state index contributed by atoms with van der Waals surface area (Å²) in [6, 6.07) is 7.74. The molecule has 0 saturated heterocycles. The third-order valence-corrected chi connectivity index (χ3v) is 3.33. The summed E-state index contributed by atoms with van der Waals surface area (Å²) in [6.45, 7) is 7.20. The normalized spacial score (nSPS) is 12.9. The molecule has 0 aromatic heterocycles. The largest absolute Gasteiger partial charge is 0.387 e. The number of rotatable bonds is 9. The van der Waals surface area contributed by atoms with Crippen molar-refractivity contribution in [2.45, 2.75) is 26.4 Å². The van der Waals surface area contributed by atoms with E-state index >= 15 is 0 Å². The van der Waals surface area contributed by atoms with Gasteiger partial charge in [-0.1, -0.05) is 41.9 Å². The second-order valence-electron chi connectivity index (χ2n) is 5.07.